The van der Waals surface area contributed by atoms with Gasteiger partial charge in [-0.2, -0.15) is 0 Å². The third-order valence-corrected chi connectivity index (χ3v) is 10.6. The summed E-state index contributed by atoms with van der Waals surface area (Å²) in [7, 11) is 0. The van der Waals surface area contributed by atoms with Crippen molar-refractivity contribution >= 4 is 22.8 Å². The highest BCUT2D eigenvalue weighted by molar-refractivity contribution is 5.90. The first-order chi connectivity index (χ1) is 22.8. The number of benzene rings is 1. The number of esters is 2. The maximum atomic E-state index is 13.7. The molecule has 0 N–H and O–H groups in total. The van der Waals surface area contributed by atoms with Gasteiger partial charge in [-0.25, -0.2) is 9.78 Å². The van der Waals surface area contributed by atoms with Gasteiger partial charge < -0.3 is 23.7 Å². The quantitative estimate of drug-likeness (QED) is 0.222. The second-order valence-corrected chi connectivity index (χ2v) is 13.4. The minimum absolute atomic E-state index is 0.0513. The molecule has 1 aromatic carbocycles. The van der Waals surface area contributed by atoms with E-state index in [9.17, 15) is 14.4 Å². The monoisotopic (exact) mass is 642 g/mol. The number of aryl methyl sites for hydroxylation is 1. The summed E-state index contributed by atoms with van der Waals surface area (Å²) in [5.41, 5.74) is 3.97. The Bertz CT molecular complexity index is 1760. The van der Waals surface area contributed by atoms with Gasteiger partial charge >= 0.3 is 11.9 Å². The molecular formula is C37H46N4O6. The van der Waals surface area contributed by atoms with E-state index in [1.807, 2.05) is 39.0 Å². The van der Waals surface area contributed by atoms with E-state index in [1.54, 1.807) is 10.6 Å². The number of aromatic nitrogens is 2. The van der Waals surface area contributed by atoms with Gasteiger partial charge in [0.2, 0.25) is 0 Å². The van der Waals surface area contributed by atoms with Gasteiger partial charge in [0.1, 0.15) is 12.4 Å². The van der Waals surface area contributed by atoms with Crippen LogP contribution < -0.4 is 10.3 Å². The molecule has 0 saturated carbocycles. The summed E-state index contributed by atoms with van der Waals surface area (Å²) < 4.78 is 19.0. The molecule has 0 radical (unpaired) electrons. The number of carbonyl (C=O) groups excluding carboxylic acids is 2. The summed E-state index contributed by atoms with van der Waals surface area (Å²) in [6, 6.07) is 8.14. The number of hydrogen-bond donors (Lipinski definition) is 0. The fraction of sp³-hybridized carbons (Fsp3) is 0.568. The van der Waals surface area contributed by atoms with Crippen LogP contribution in [0.15, 0.2) is 29.1 Å². The smallest absolute Gasteiger partial charge is 0.343 e. The van der Waals surface area contributed by atoms with Gasteiger partial charge in [-0.3, -0.25) is 14.5 Å². The van der Waals surface area contributed by atoms with Gasteiger partial charge in [-0.15, -0.1) is 0 Å². The molecule has 47 heavy (non-hydrogen) atoms. The van der Waals surface area contributed by atoms with Crippen LogP contribution in [0.5, 0.6) is 5.75 Å². The van der Waals surface area contributed by atoms with Crippen molar-refractivity contribution in [2.45, 2.75) is 104 Å². The number of rotatable bonds is 5. The van der Waals surface area contributed by atoms with Crippen molar-refractivity contribution in [3.05, 3.63) is 56.9 Å². The second-order valence-electron chi connectivity index (χ2n) is 13.4. The predicted octanol–water partition coefficient (Wildman–Crippen LogP) is 4.93. The Morgan fingerprint density at radius 2 is 1.79 bits per heavy atom. The summed E-state index contributed by atoms with van der Waals surface area (Å²) in [6.07, 6.45) is 7.28. The molecule has 0 aliphatic carbocycles. The van der Waals surface area contributed by atoms with Crippen molar-refractivity contribution in [1.82, 2.24) is 19.4 Å². The van der Waals surface area contributed by atoms with Crippen LogP contribution in [0.4, 0.5) is 0 Å². The van der Waals surface area contributed by atoms with E-state index in [4.69, 9.17) is 19.2 Å². The predicted molar refractivity (Wildman–Crippen MR) is 178 cm³/mol. The number of carbonyl (C=O) groups is 2. The third-order valence-electron chi connectivity index (χ3n) is 10.6. The van der Waals surface area contributed by atoms with Crippen molar-refractivity contribution in [1.29, 1.82) is 0 Å². The standard InChI is InChI=1S/C35H40N4O6.C2H6/c1-3-24-25-15-23(44-31(40)19-37-13-9-22(10-14-37)38-11-5-4-6-12-38)7-8-29(25)36-32-26(24)18-39-30(32)16-28-27(33(39)41)20-43-34(42)35(28)17-21(2)45-35;1-2/h7-8,15-16,21-22H,3-6,9-14,17-20H2,1-2H3;1-2H3/t21?,35-;/m0./s1. The SMILES string of the molecule is CC.CCc1c2c(nc3ccc(OC(=O)CN4CCC(N5CCCCC5)CC4)cc13)-c1cc3c(c(=O)n1C2)COC(=O)[C@]31CC(C)O1. The Kier molecular flexibility index (Phi) is 8.70. The number of hydrogen-bond acceptors (Lipinski definition) is 9. The Labute approximate surface area is 276 Å². The molecule has 1 unspecified atom stereocenters. The lowest BCUT2D eigenvalue weighted by Crippen LogP contribution is -2.56. The van der Waals surface area contributed by atoms with Crippen LogP contribution in [-0.2, 0) is 44.2 Å². The highest BCUT2D eigenvalue weighted by Crippen LogP contribution is 2.48. The zero-order valence-electron chi connectivity index (χ0n) is 28.1. The molecule has 250 valence electrons. The molecule has 2 atom stereocenters. The summed E-state index contributed by atoms with van der Waals surface area (Å²) in [6.45, 7) is 12.9. The maximum Gasteiger partial charge on any atom is 0.343 e. The van der Waals surface area contributed by atoms with Gasteiger partial charge in [0.15, 0.2) is 5.60 Å². The van der Waals surface area contributed by atoms with Crippen LogP contribution in [0, 0.1) is 0 Å². The first-order valence-electron chi connectivity index (χ1n) is 17.6. The van der Waals surface area contributed by atoms with Gasteiger partial charge in [0, 0.05) is 42.1 Å². The van der Waals surface area contributed by atoms with Crippen molar-refractivity contribution < 1.29 is 23.8 Å². The molecule has 0 amide bonds. The van der Waals surface area contributed by atoms with Crippen LogP contribution in [0.25, 0.3) is 22.3 Å². The van der Waals surface area contributed by atoms with E-state index in [-0.39, 0.29) is 30.8 Å². The van der Waals surface area contributed by atoms with E-state index >= 15 is 0 Å². The average Bonchev–Trinajstić information content (AvgIpc) is 3.44. The van der Waals surface area contributed by atoms with Crippen LogP contribution in [0.3, 0.4) is 0 Å². The zero-order chi connectivity index (χ0) is 32.9. The highest BCUT2D eigenvalue weighted by Gasteiger charge is 2.57. The van der Waals surface area contributed by atoms with Crippen LogP contribution in [0.2, 0.25) is 0 Å². The van der Waals surface area contributed by atoms with Gasteiger partial charge in [-0.05, 0) is 81.9 Å². The largest absolute Gasteiger partial charge is 0.458 e. The van der Waals surface area contributed by atoms with Crippen LogP contribution >= 0.6 is 0 Å². The lowest BCUT2D eigenvalue weighted by Gasteiger charge is -2.47. The van der Waals surface area contributed by atoms with Crippen LogP contribution in [0.1, 0.15) is 88.5 Å². The van der Waals surface area contributed by atoms with E-state index < -0.39 is 11.6 Å². The number of likely N-dealkylation sites (tertiary alicyclic amines) is 2. The molecule has 3 aromatic rings. The Balaban J connectivity index is 0.00000172. The lowest BCUT2D eigenvalue weighted by atomic mass is 9.79. The summed E-state index contributed by atoms with van der Waals surface area (Å²) >= 11 is 0. The van der Waals surface area contributed by atoms with Gasteiger partial charge in [0.05, 0.1) is 41.7 Å². The molecule has 3 saturated heterocycles. The number of ether oxygens (including phenoxy) is 3. The number of piperidine rings is 2. The van der Waals surface area contributed by atoms with E-state index in [2.05, 4.69) is 16.7 Å². The summed E-state index contributed by atoms with van der Waals surface area (Å²) in [4.78, 5) is 49.4. The average molecular weight is 643 g/mol. The summed E-state index contributed by atoms with van der Waals surface area (Å²) in [5.74, 6) is -0.176. The van der Waals surface area contributed by atoms with Crippen molar-refractivity contribution in [3.8, 4) is 17.1 Å². The molecule has 10 nitrogen and oxygen atoms in total. The van der Waals surface area contributed by atoms with Gasteiger partial charge in [0.25, 0.3) is 5.56 Å². The van der Waals surface area contributed by atoms with E-state index in [0.29, 0.717) is 41.6 Å². The van der Waals surface area contributed by atoms with E-state index in [1.165, 1.54) is 32.4 Å². The second kappa shape index (κ2) is 12.8. The number of fused-ring (bicyclic) bond motifs is 6. The van der Waals surface area contributed by atoms with Crippen molar-refractivity contribution in [2.24, 2.45) is 0 Å². The topological polar surface area (TPSA) is 103 Å². The first kappa shape index (κ1) is 32.0. The zero-order valence-corrected chi connectivity index (χ0v) is 28.1. The van der Waals surface area contributed by atoms with Crippen molar-refractivity contribution in [3.63, 3.8) is 0 Å². The lowest BCUT2D eigenvalue weighted by molar-refractivity contribution is -0.234. The molecule has 10 heteroatoms. The molecule has 7 heterocycles. The molecule has 8 rings (SSSR count). The number of pyridine rings is 2. The first-order valence-corrected chi connectivity index (χ1v) is 17.6. The molecule has 1 spiro atoms. The summed E-state index contributed by atoms with van der Waals surface area (Å²) in [5, 5.41) is 0.917. The Morgan fingerprint density at radius 1 is 1.04 bits per heavy atom. The normalized spacial score (nSPS) is 24.1. The molecule has 0 bridgehead atoms. The molecule has 5 aliphatic heterocycles. The fourth-order valence-corrected chi connectivity index (χ4v) is 8.38. The minimum atomic E-state index is -1.21. The maximum absolute atomic E-state index is 13.7. The fourth-order valence-electron chi connectivity index (χ4n) is 8.38. The van der Waals surface area contributed by atoms with E-state index in [0.717, 1.165) is 60.1 Å². The Morgan fingerprint density at radius 3 is 2.49 bits per heavy atom. The number of nitrogens with zero attached hydrogens (tertiary/aromatic N) is 4. The van der Waals surface area contributed by atoms with Crippen LogP contribution in [-0.4, -0.2) is 76.2 Å². The number of cyclic esters (lactones) is 1. The molecule has 3 fully saturated rings. The molecule has 2 aromatic heterocycles. The highest BCUT2D eigenvalue weighted by atomic mass is 16.6. The molecular weight excluding hydrogens is 596 g/mol. The minimum Gasteiger partial charge on any atom is -0.458 e. The Hall–Kier alpha value is -3.60. The molecule has 5 aliphatic rings. The van der Waals surface area contributed by atoms with Crippen molar-refractivity contribution in [2.75, 3.05) is 32.7 Å². The third kappa shape index (κ3) is 5.48. The van der Waals surface area contributed by atoms with Gasteiger partial charge in [-0.1, -0.05) is 27.2 Å².